The maximum atomic E-state index is 13.0. The van der Waals surface area contributed by atoms with E-state index in [9.17, 15) is 4.79 Å². The number of hydrogen-bond donors (Lipinski definition) is 3. The molecule has 0 fully saturated rings. The first-order valence-electron chi connectivity index (χ1n) is 8.18. The number of benzene rings is 2. The number of thiocarbonyl (C=S) groups is 1. The van der Waals surface area contributed by atoms with Crippen molar-refractivity contribution in [2.45, 2.75) is 26.8 Å². The molecular weight excluding hydrogens is 330 g/mol. The van der Waals surface area contributed by atoms with Crippen molar-refractivity contribution in [2.24, 2.45) is 0 Å². The van der Waals surface area contributed by atoms with Gasteiger partial charge in [-0.15, -0.1) is 0 Å². The van der Waals surface area contributed by atoms with Gasteiger partial charge in [0.05, 0.1) is 11.6 Å². The van der Waals surface area contributed by atoms with Crippen LogP contribution in [0, 0.1) is 13.8 Å². The highest BCUT2D eigenvalue weighted by atomic mass is 32.1. The number of nitrogens with one attached hydrogen (secondary N) is 3. The minimum atomic E-state index is -0.278. The Hall–Kier alpha value is -2.66. The van der Waals surface area contributed by atoms with E-state index in [0.29, 0.717) is 10.7 Å². The van der Waals surface area contributed by atoms with Gasteiger partial charge in [-0.25, -0.2) is 0 Å². The summed E-state index contributed by atoms with van der Waals surface area (Å²) in [5.41, 5.74) is 5.44. The molecule has 0 unspecified atom stereocenters. The molecule has 5 heteroatoms. The molecule has 3 rings (SSSR count). The lowest BCUT2D eigenvalue weighted by atomic mass is 9.95. The van der Waals surface area contributed by atoms with Crippen molar-refractivity contribution in [2.75, 3.05) is 5.32 Å². The average molecular weight is 351 g/mol. The van der Waals surface area contributed by atoms with Gasteiger partial charge in [0.2, 0.25) is 0 Å². The predicted octanol–water partition coefficient (Wildman–Crippen LogP) is 3.73. The van der Waals surface area contributed by atoms with Gasteiger partial charge in [0.25, 0.3) is 5.91 Å². The third-order valence-electron chi connectivity index (χ3n) is 4.50. The Balaban J connectivity index is 1.96. The molecule has 0 bridgehead atoms. The minimum Gasteiger partial charge on any atom is -0.351 e. The standard InChI is InChI=1S/C20H21N3OS/c1-12-8-7-11-16(13(12)2)22-19(24)17-14(3)21-20(25)23-18(17)15-9-5-4-6-10-15/h4-11,18H,1-3H3,(H,22,24)(H2,21,23,25)/t18-/m1/s1. The number of carbonyl (C=O) groups is 1. The van der Waals surface area contributed by atoms with Crippen molar-refractivity contribution in [3.05, 3.63) is 76.5 Å². The Morgan fingerprint density at radius 2 is 1.76 bits per heavy atom. The number of aryl methyl sites for hydroxylation is 1. The van der Waals surface area contributed by atoms with Crippen LogP contribution in [0.3, 0.4) is 0 Å². The van der Waals surface area contributed by atoms with Crippen LogP contribution < -0.4 is 16.0 Å². The van der Waals surface area contributed by atoms with Crippen molar-refractivity contribution in [1.29, 1.82) is 0 Å². The van der Waals surface area contributed by atoms with E-state index in [4.69, 9.17) is 12.2 Å². The van der Waals surface area contributed by atoms with Crippen LogP contribution in [0.5, 0.6) is 0 Å². The van der Waals surface area contributed by atoms with Crippen molar-refractivity contribution in [1.82, 2.24) is 10.6 Å². The third-order valence-corrected chi connectivity index (χ3v) is 4.72. The molecule has 0 aromatic heterocycles. The zero-order chi connectivity index (χ0) is 18.0. The Labute approximate surface area is 153 Å². The Morgan fingerprint density at radius 3 is 2.48 bits per heavy atom. The van der Waals surface area contributed by atoms with Gasteiger partial charge in [0.1, 0.15) is 0 Å². The molecule has 3 N–H and O–H groups in total. The van der Waals surface area contributed by atoms with Crippen LogP contribution in [-0.2, 0) is 4.79 Å². The molecule has 25 heavy (non-hydrogen) atoms. The highest BCUT2D eigenvalue weighted by molar-refractivity contribution is 7.80. The second-order valence-electron chi connectivity index (χ2n) is 6.18. The van der Waals surface area contributed by atoms with E-state index in [2.05, 4.69) is 16.0 Å². The van der Waals surface area contributed by atoms with E-state index in [1.807, 2.05) is 69.3 Å². The number of allylic oxidation sites excluding steroid dienone is 1. The van der Waals surface area contributed by atoms with Crippen LogP contribution >= 0.6 is 12.2 Å². The van der Waals surface area contributed by atoms with Crippen molar-refractivity contribution in [3.8, 4) is 0 Å². The summed E-state index contributed by atoms with van der Waals surface area (Å²) in [6.07, 6.45) is 0. The summed E-state index contributed by atoms with van der Waals surface area (Å²) < 4.78 is 0. The number of anilines is 1. The Bertz CT molecular complexity index is 858. The SMILES string of the molecule is CC1=C(C(=O)Nc2cccc(C)c2C)[C@@H](c2ccccc2)NC(=S)N1. The van der Waals surface area contributed by atoms with Crippen molar-refractivity contribution < 1.29 is 4.79 Å². The zero-order valence-electron chi connectivity index (χ0n) is 14.5. The summed E-state index contributed by atoms with van der Waals surface area (Å²) in [4.78, 5) is 13.0. The van der Waals surface area contributed by atoms with Gasteiger partial charge >= 0.3 is 0 Å². The van der Waals surface area contributed by atoms with Gasteiger partial charge in [0.15, 0.2) is 5.11 Å². The molecule has 0 saturated heterocycles. The van der Waals surface area contributed by atoms with Gasteiger partial charge in [-0.2, -0.15) is 0 Å². The normalized spacial score (nSPS) is 16.9. The first-order valence-corrected chi connectivity index (χ1v) is 8.59. The summed E-state index contributed by atoms with van der Waals surface area (Å²) in [5, 5.41) is 9.84. The molecule has 1 heterocycles. The van der Waals surface area contributed by atoms with Crippen LogP contribution in [0.15, 0.2) is 59.8 Å². The molecule has 1 amide bonds. The van der Waals surface area contributed by atoms with Crippen LogP contribution in [0.25, 0.3) is 0 Å². The van der Waals surface area contributed by atoms with Crippen molar-refractivity contribution >= 4 is 28.9 Å². The zero-order valence-corrected chi connectivity index (χ0v) is 15.3. The molecule has 1 aliphatic heterocycles. The van der Waals surface area contributed by atoms with E-state index in [1.165, 1.54) is 0 Å². The minimum absolute atomic E-state index is 0.137. The largest absolute Gasteiger partial charge is 0.351 e. The molecule has 0 aliphatic carbocycles. The van der Waals surface area contributed by atoms with E-state index < -0.39 is 0 Å². The first kappa shape index (κ1) is 17.2. The maximum absolute atomic E-state index is 13.0. The summed E-state index contributed by atoms with van der Waals surface area (Å²) in [5.74, 6) is -0.137. The number of carbonyl (C=O) groups excluding carboxylic acids is 1. The monoisotopic (exact) mass is 351 g/mol. The fourth-order valence-electron chi connectivity index (χ4n) is 2.97. The third kappa shape index (κ3) is 3.56. The fraction of sp³-hybridized carbons (Fsp3) is 0.200. The Kier molecular flexibility index (Phi) is 4.86. The van der Waals surface area contributed by atoms with Gasteiger partial charge < -0.3 is 16.0 Å². The lowest BCUT2D eigenvalue weighted by molar-refractivity contribution is -0.113. The van der Waals surface area contributed by atoms with E-state index in [-0.39, 0.29) is 11.9 Å². The van der Waals surface area contributed by atoms with Crippen molar-refractivity contribution in [3.63, 3.8) is 0 Å². The van der Waals surface area contributed by atoms with E-state index in [0.717, 1.165) is 28.1 Å². The van der Waals surface area contributed by atoms with Gasteiger partial charge in [-0.1, -0.05) is 42.5 Å². The fourth-order valence-corrected chi connectivity index (χ4v) is 3.24. The lowest BCUT2D eigenvalue weighted by Crippen LogP contribution is -2.45. The molecule has 4 nitrogen and oxygen atoms in total. The lowest BCUT2D eigenvalue weighted by Gasteiger charge is -2.30. The van der Waals surface area contributed by atoms with E-state index >= 15 is 0 Å². The molecule has 1 aliphatic rings. The van der Waals surface area contributed by atoms with Crippen LogP contribution in [0.1, 0.15) is 29.7 Å². The summed E-state index contributed by atoms with van der Waals surface area (Å²) in [6.45, 7) is 5.92. The number of amides is 1. The maximum Gasteiger partial charge on any atom is 0.255 e. The second kappa shape index (κ2) is 7.07. The number of rotatable bonds is 3. The molecule has 1 atom stereocenters. The second-order valence-corrected chi connectivity index (χ2v) is 6.59. The molecule has 0 spiro atoms. The summed E-state index contributed by atoms with van der Waals surface area (Å²) in [6, 6.07) is 15.5. The molecule has 128 valence electrons. The molecular formula is C20H21N3OS. The van der Waals surface area contributed by atoms with E-state index in [1.54, 1.807) is 0 Å². The summed E-state index contributed by atoms with van der Waals surface area (Å²) >= 11 is 5.28. The first-order chi connectivity index (χ1) is 12.0. The highest BCUT2D eigenvalue weighted by Crippen LogP contribution is 2.28. The molecule has 0 saturated carbocycles. The van der Waals surface area contributed by atoms with Crippen LogP contribution in [0.2, 0.25) is 0 Å². The Morgan fingerprint density at radius 1 is 1.04 bits per heavy atom. The number of hydrogen-bond acceptors (Lipinski definition) is 2. The predicted molar refractivity (Wildman–Crippen MR) is 105 cm³/mol. The van der Waals surface area contributed by atoms with Crippen LogP contribution in [0.4, 0.5) is 5.69 Å². The van der Waals surface area contributed by atoms with Gasteiger partial charge in [-0.05, 0) is 55.7 Å². The smallest absolute Gasteiger partial charge is 0.255 e. The quantitative estimate of drug-likeness (QED) is 0.738. The molecule has 2 aromatic carbocycles. The topological polar surface area (TPSA) is 53.2 Å². The van der Waals surface area contributed by atoms with Gasteiger partial charge in [0, 0.05) is 11.4 Å². The average Bonchev–Trinajstić information content (AvgIpc) is 2.59. The highest BCUT2D eigenvalue weighted by Gasteiger charge is 2.29. The molecule has 0 radical (unpaired) electrons. The van der Waals surface area contributed by atoms with Gasteiger partial charge in [-0.3, -0.25) is 4.79 Å². The summed E-state index contributed by atoms with van der Waals surface area (Å²) in [7, 11) is 0. The van der Waals surface area contributed by atoms with Crippen LogP contribution in [-0.4, -0.2) is 11.0 Å². The molecule has 2 aromatic rings.